The quantitative estimate of drug-likeness (QED) is 0.544. The van der Waals surface area contributed by atoms with Gasteiger partial charge in [0, 0.05) is 0 Å². The van der Waals surface area contributed by atoms with Crippen molar-refractivity contribution < 1.29 is 4.42 Å². The molecule has 0 bridgehead atoms. The highest BCUT2D eigenvalue weighted by atomic mass is 16.4. The Balaban J connectivity index is 1.98. The van der Waals surface area contributed by atoms with E-state index in [9.17, 15) is 0 Å². The van der Waals surface area contributed by atoms with E-state index >= 15 is 0 Å². The summed E-state index contributed by atoms with van der Waals surface area (Å²) in [5.74, 6) is 2.46. The number of nitrogens with zero attached hydrogens (tertiary/aromatic N) is 5. The highest BCUT2D eigenvalue weighted by Crippen LogP contribution is 2.25. The fourth-order valence-electron chi connectivity index (χ4n) is 2.82. The molecule has 0 spiro atoms. The van der Waals surface area contributed by atoms with Crippen LogP contribution in [0.2, 0.25) is 0 Å². The van der Waals surface area contributed by atoms with Crippen LogP contribution >= 0.6 is 0 Å². The van der Waals surface area contributed by atoms with Gasteiger partial charge in [0.1, 0.15) is 18.2 Å². The molecule has 1 atom stereocenters. The van der Waals surface area contributed by atoms with Gasteiger partial charge in [-0.2, -0.15) is 5.10 Å². The van der Waals surface area contributed by atoms with Gasteiger partial charge in [0.2, 0.25) is 11.8 Å². The maximum absolute atomic E-state index is 6.45. The summed E-state index contributed by atoms with van der Waals surface area (Å²) in [5, 5.41) is 12.6. The van der Waals surface area contributed by atoms with Crippen molar-refractivity contribution in [2.45, 2.75) is 72.4 Å². The molecule has 0 amide bonds. The second-order valence-electron chi connectivity index (χ2n) is 6.97. The lowest BCUT2D eigenvalue weighted by Crippen LogP contribution is -2.33. The first-order valence-electron chi connectivity index (χ1n) is 9.12. The lowest BCUT2D eigenvalue weighted by Gasteiger charge is -2.20. The number of rotatable bonds is 9. The van der Waals surface area contributed by atoms with Crippen LogP contribution in [0.25, 0.3) is 0 Å². The molecule has 0 radical (unpaired) electrons. The first kappa shape index (κ1) is 20.0. The van der Waals surface area contributed by atoms with Crippen molar-refractivity contribution in [2.75, 3.05) is 0 Å². The first-order chi connectivity index (χ1) is 12.3. The lowest BCUT2D eigenvalue weighted by atomic mass is 9.94. The van der Waals surface area contributed by atoms with Crippen LogP contribution in [0.3, 0.4) is 0 Å². The molecule has 0 aliphatic heterocycles. The summed E-state index contributed by atoms with van der Waals surface area (Å²) < 4.78 is 7.55. The molecule has 2 rings (SSSR count). The Morgan fingerprint density at radius 2 is 2.00 bits per heavy atom. The topological polar surface area (TPSA) is 95.7 Å². The third kappa shape index (κ3) is 5.62. The van der Waals surface area contributed by atoms with Gasteiger partial charge >= 0.3 is 0 Å². The molecule has 0 aliphatic carbocycles. The zero-order valence-electron chi connectivity index (χ0n) is 16.5. The average Bonchev–Trinajstić information content (AvgIpc) is 3.14. The molecule has 2 aromatic heterocycles. The normalized spacial score (nSPS) is 14.9. The molecule has 2 heterocycles. The summed E-state index contributed by atoms with van der Waals surface area (Å²) in [6, 6.07) is 0. The fraction of sp³-hybridized carbons (Fsp3) is 0.579. The number of allylic oxidation sites excluding steroid dienone is 3. The maximum Gasteiger partial charge on any atom is 0.238 e. The molecular weight excluding hydrogens is 328 g/mol. The molecule has 26 heavy (non-hydrogen) atoms. The number of aromatic nitrogens is 5. The fourth-order valence-corrected chi connectivity index (χ4v) is 2.82. The summed E-state index contributed by atoms with van der Waals surface area (Å²) >= 11 is 0. The molecule has 7 heteroatoms. The van der Waals surface area contributed by atoms with Gasteiger partial charge in [0.25, 0.3) is 0 Å². The largest absolute Gasteiger partial charge is 0.421 e. The summed E-state index contributed by atoms with van der Waals surface area (Å²) in [6.07, 6.45) is 10.4. The van der Waals surface area contributed by atoms with Crippen molar-refractivity contribution in [3.8, 4) is 0 Å². The van der Waals surface area contributed by atoms with E-state index in [1.54, 1.807) is 4.68 Å². The van der Waals surface area contributed by atoms with Crippen LogP contribution in [0.1, 0.15) is 69.9 Å². The molecule has 0 unspecified atom stereocenters. The van der Waals surface area contributed by atoms with E-state index in [-0.39, 0.29) is 0 Å². The van der Waals surface area contributed by atoms with Crippen molar-refractivity contribution in [1.82, 2.24) is 25.0 Å². The average molecular weight is 358 g/mol. The SMILES string of the molecule is CC/C=C\CC/C=C(\C)C[C@@](C)(N)c1nnc(Cn2nc(C)nc2C)o1. The summed E-state index contributed by atoms with van der Waals surface area (Å²) in [6.45, 7) is 10.3. The van der Waals surface area contributed by atoms with Gasteiger partial charge in [-0.3, -0.25) is 0 Å². The predicted molar refractivity (Wildman–Crippen MR) is 101 cm³/mol. The smallest absolute Gasteiger partial charge is 0.238 e. The van der Waals surface area contributed by atoms with Gasteiger partial charge in [-0.25, -0.2) is 9.67 Å². The Labute approximate surface area is 155 Å². The minimum absolute atomic E-state index is 0.397. The van der Waals surface area contributed by atoms with E-state index in [0.717, 1.165) is 30.9 Å². The van der Waals surface area contributed by atoms with Crippen LogP contribution in [0, 0.1) is 13.8 Å². The summed E-state index contributed by atoms with van der Waals surface area (Å²) in [4.78, 5) is 4.27. The molecule has 0 aliphatic rings. The number of unbranched alkanes of at least 4 members (excludes halogenated alkanes) is 1. The van der Waals surface area contributed by atoms with E-state index < -0.39 is 5.54 Å². The second kappa shape index (κ2) is 8.89. The van der Waals surface area contributed by atoms with E-state index in [1.807, 2.05) is 20.8 Å². The minimum atomic E-state index is -0.696. The Bertz CT molecular complexity index is 769. The molecule has 0 saturated heterocycles. The molecule has 142 valence electrons. The summed E-state index contributed by atoms with van der Waals surface area (Å²) in [7, 11) is 0. The van der Waals surface area contributed by atoms with Crippen molar-refractivity contribution >= 4 is 0 Å². The molecule has 0 saturated carbocycles. The van der Waals surface area contributed by atoms with E-state index in [1.165, 1.54) is 5.57 Å². The van der Waals surface area contributed by atoms with Crippen LogP contribution in [-0.4, -0.2) is 25.0 Å². The lowest BCUT2D eigenvalue weighted by molar-refractivity contribution is 0.330. The van der Waals surface area contributed by atoms with Crippen LogP contribution in [0.4, 0.5) is 0 Å². The molecule has 2 N–H and O–H groups in total. The van der Waals surface area contributed by atoms with Gasteiger partial charge in [-0.15, -0.1) is 10.2 Å². The Morgan fingerprint density at radius 1 is 1.23 bits per heavy atom. The highest BCUT2D eigenvalue weighted by Gasteiger charge is 2.28. The van der Waals surface area contributed by atoms with Gasteiger partial charge in [-0.1, -0.05) is 30.7 Å². The van der Waals surface area contributed by atoms with E-state index in [2.05, 4.69) is 52.4 Å². The predicted octanol–water partition coefficient (Wildman–Crippen LogP) is 3.58. The van der Waals surface area contributed by atoms with Gasteiger partial charge in [0.15, 0.2) is 0 Å². The van der Waals surface area contributed by atoms with Crippen LogP contribution in [0.5, 0.6) is 0 Å². The molecule has 7 nitrogen and oxygen atoms in total. The second-order valence-corrected chi connectivity index (χ2v) is 6.97. The Kier molecular flexibility index (Phi) is 6.85. The van der Waals surface area contributed by atoms with Crippen molar-refractivity contribution in [3.05, 3.63) is 47.2 Å². The molecule has 0 fully saturated rings. The monoisotopic (exact) mass is 358 g/mol. The Hall–Kier alpha value is -2.28. The van der Waals surface area contributed by atoms with Crippen LogP contribution in [0.15, 0.2) is 28.2 Å². The molecule has 0 aromatic carbocycles. The molecule has 2 aromatic rings. The van der Waals surface area contributed by atoms with Crippen molar-refractivity contribution in [1.29, 1.82) is 0 Å². The Morgan fingerprint density at radius 3 is 2.65 bits per heavy atom. The number of hydrogen-bond donors (Lipinski definition) is 1. The van der Waals surface area contributed by atoms with Gasteiger partial charge in [0.05, 0.1) is 5.54 Å². The standard InChI is InChI=1S/C19H30N6O/c1-6-7-8-9-10-11-14(2)12-19(5,20)18-23-22-17(26-18)13-25-16(4)21-15(3)24-25/h7-8,11H,6,9-10,12-13,20H2,1-5H3/b8-7-,14-11+/t19-/m1/s1. The number of aryl methyl sites for hydroxylation is 2. The third-order valence-corrected chi connectivity index (χ3v) is 4.08. The number of hydrogen-bond acceptors (Lipinski definition) is 6. The van der Waals surface area contributed by atoms with E-state index in [4.69, 9.17) is 10.2 Å². The summed E-state index contributed by atoms with van der Waals surface area (Å²) in [5.41, 5.74) is 6.97. The zero-order valence-corrected chi connectivity index (χ0v) is 16.5. The van der Waals surface area contributed by atoms with Gasteiger partial charge in [-0.05, 0) is 53.4 Å². The van der Waals surface area contributed by atoms with Crippen molar-refractivity contribution in [2.24, 2.45) is 5.73 Å². The number of nitrogens with two attached hydrogens (primary N) is 1. The van der Waals surface area contributed by atoms with Crippen LogP contribution in [-0.2, 0) is 12.1 Å². The highest BCUT2D eigenvalue weighted by molar-refractivity contribution is 5.10. The third-order valence-electron chi connectivity index (χ3n) is 4.08. The van der Waals surface area contributed by atoms with Crippen LogP contribution < -0.4 is 5.73 Å². The van der Waals surface area contributed by atoms with Gasteiger partial charge < -0.3 is 10.2 Å². The van der Waals surface area contributed by atoms with E-state index in [0.29, 0.717) is 24.7 Å². The van der Waals surface area contributed by atoms with Crippen molar-refractivity contribution in [3.63, 3.8) is 0 Å². The zero-order chi connectivity index (χ0) is 19.2. The minimum Gasteiger partial charge on any atom is -0.421 e. The first-order valence-corrected chi connectivity index (χ1v) is 9.12. The maximum atomic E-state index is 6.45. The molecular formula is C19H30N6O.